The molecule has 0 atom stereocenters. The molecule has 0 aliphatic carbocycles. The van der Waals surface area contributed by atoms with Crippen molar-refractivity contribution in [2.75, 3.05) is 37.8 Å². The number of benzene rings is 1. The Bertz CT molecular complexity index is 463. The largest absolute Gasteiger partial charge is 0.395 e. The van der Waals surface area contributed by atoms with Gasteiger partial charge in [0.2, 0.25) is 5.91 Å². The Morgan fingerprint density at radius 1 is 1.32 bits per heavy atom. The molecule has 1 rings (SSSR count). The number of anilines is 2. The Hall–Kier alpha value is -1.85. The van der Waals surface area contributed by atoms with E-state index in [4.69, 9.17) is 5.73 Å². The third-order valence-electron chi connectivity index (χ3n) is 2.73. The van der Waals surface area contributed by atoms with Crippen LogP contribution in [-0.4, -0.2) is 38.0 Å². The highest BCUT2D eigenvalue weighted by atomic mass is 19.1. The van der Waals surface area contributed by atoms with Gasteiger partial charge in [0.1, 0.15) is 5.82 Å². The molecule has 0 spiro atoms. The summed E-state index contributed by atoms with van der Waals surface area (Å²) in [7, 11) is 3.25. The topological polar surface area (TPSA) is 49.6 Å². The van der Waals surface area contributed by atoms with Crippen LogP contribution in [0.3, 0.4) is 0 Å². The minimum atomic E-state index is -0.812. The fourth-order valence-corrected chi connectivity index (χ4v) is 1.69. The molecule has 6 heteroatoms. The van der Waals surface area contributed by atoms with E-state index in [0.29, 0.717) is 6.54 Å². The summed E-state index contributed by atoms with van der Waals surface area (Å²) in [6.07, 6.45) is 0.734. The van der Waals surface area contributed by atoms with Gasteiger partial charge < -0.3 is 15.5 Å². The lowest BCUT2D eigenvalue weighted by Gasteiger charge is -2.26. The van der Waals surface area contributed by atoms with E-state index in [9.17, 15) is 13.6 Å². The Morgan fingerprint density at radius 2 is 1.95 bits per heavy atom. The molecule has 4 nitrogen and oxygen atoms in total. The Balaban J connectivity index is 3.08. The van der Waals surface area contributed by atoms with Crippen molar-refractivity contribution < 1.29 is 13.6 Å². The van der Waals surface area contributed by atoms with E-state index < -0.39 is 11.6 Å². The Kier molecular flexibility index (Phi) is 5.09. The van der Waals surface area contributed by atoms with Gasteiger partial charge in [-0.3, -0.25) is 4.79 Å². The number of likely N-dealkylation sites (N-methyl/N-ethyl adjacent to an activating group) is 1. The van der Waals surface area contributed by atoms with Crippen LogP contribution < -0.4 is 10.6 Å². The molecular weight excluding hydrogens is 252 g/mol. The van der Waals surface area contributed by atoms with Crippen molar-refractivity contribution in [1.82, 2.24) is 4.90 Å². The molecule has 0 saturated heterocycles. The molecule has 0 fully saturated rings. The van der Waals surface area contributed by atoms with Gasteiger partial charge in [-0.2, -0.15) is 0 Å². The van der Waals surface area contributed by atoms with Crippen LogP contribution in [0, 0.1) is 11.6 Å². The number of hydrogen-bond acceptors (Lipinski definition) is 3. The number of nitrogens with two attached hydrogens (primary N) is 1. The van der Waals surface area contributed by atoms with Crippen LogP contribution >= 0.6 is 0 Å². The molecule has 0 bridgehead atoms. The zero-order valence-corrected chi connectivity index (χ0v) is 11.4. The maximum Gasteiger partial charge on any atom is 0.241 e. The van der Waals surface area contributed by atoms with Crippen molar-refractivity contribution in [3.8, 4) is 0 Å². The second-order valence-electron chi connectivity index (χ2n) is 4.53. The Labute approximate surface area is 111 Å². The summed E-state index contributed by atoms with van der Waals surface area (Å²) in [6.45, 7) is 2.44. The summed E-state index contributed by atoms with van der Waals surface area (Å²) in [6, 6.07) is 1.88. The quantitative estimate of drug-likeness (QED) is 0.831. The first-order valence-electron chi connectivity index (χ1n) is 6.06. The van der Waals surface area contributed by atoms with Crippen LogP contribution in [0.4, 0.5) is 20.2 Å². The zero-order chi connectivity index (χ0) is 14.6. The third-order valence-corrected chi connectivity index (χ3v) is 2.73. The number of carbonyl (C=O) groups is 1. The summed E-state index contributed by atoms with van der Waals surface area (Å²) in [4.78, 5) is 14.8. The number of halogens is 2. The molecule has 0 radical (unpaired) electrons. The fourth-order valence-electron chi connectivity index (χ4n) is 1.69. The molecule has 0 aromatic heterocycles. The molecule has 1 aromatic rings. The second kappa shape index (κ2) is 6.36. The maximum absolute atomic E-state index is 13.4. The highest BCUT2D eigenvalue weighted by Crippen LogP contribution is 2.27. The van der Waals surface area contributed by atoms with Crippen LogP contribution in [0.15, 0.2) is 12.1 Å². The van der Waals surface area contributed by atoms with Crippen molar-refractivity contribution in [3.63, 3.8) is 0 Å². The first-order chi connectivity index (χ1) is 8.86. The average Bonchev–Trinajstić information content (AvgIpc) is 2.33. The van der Waals surface area contributed by atoms with E-state index in [1.807, 2.05) is 6.92 Å². The normalized spacial score (nSPS) is 10.4. The standard InChI is InChI=1S/C13H19F2N3O/c1-4-5-18(8-12(19)17(2)3)11-7-9(14)6-10(15)13(11)16/h6-7H,4-5,8,16H2,1-3H3. The van der Waals surface area contributed by atoms with Crippen molar-refractivity contribution in [3.05, 3.63) is 23.8 Å². The molecule has 1 aromatic carbocycles. The summed E-state index contributed by atoms with van der Waals surface area (Å²) in [5.41, 5.74) is 5.71. The molecule has 0 aliphatic heterocycles. The van der Waals surface area contributed by atoms with Gasteiger partial charge in [0.15, 0.2) is 5.82 Å². The predicted molar refractivity (Wildman–Crippen MR) is 72.0 cm³/mol. The lowest BCUT2D eigenvalue weighted by Crippen LogP contribution is -2.37. The van der Waals surface area contributed by atoms with Gasteiger partial charge in [-0.1, -0.05) is 6.92 Å². The van der Waals surface area contributed by atoms with Crippen molar-refractivity contribution in [2.45, 2.75) is 13.3 Å². The molecule has 0 saturated carbocycles. The number of nitrogens with zero attached hydrogens (tertiary/aromatic N) is 2. The minimum absolute atomic E-state index is 0.0356. The van der Waals surface area contributed by atoms with Crippen LogP contribution in [0.5, 0.6) is 0 Å². The smallest absolute Gasteiger partial charge is 0.241 e. The van der Waals surface area contributed by atoms with Gasteiger partial charge in [0.05, 0.1) is 17.9 Å². The van der Waals surface area contributed by atoms with Crippen molar-refractivity contribution in [1.29, 1.82) is 0 Å². The van der Waals surface area contributed by atoms with Gasteiger partial charge >= 0.3 is 0 Å². The molecule has 1 amide bonds. The number of carbonyl (C=O) groups excluding carboxylic acids is 1. The van der Waals surface area contributed by atoms with Gasteiger partial charge in [-0.05, 0) is 12.5 Å². The monoisotopic (exact) mass is 271 g/mol. The van der Waals surface area contributed by atoms with E-state index in [1.165, 1.54) is 4.90 Å². The van der Waals surface area contributed by atoms with Crippen LogP contribution in [-0.2, 0) is 4.79 Å². The highest BCUT2D eigenvalue weighted by Gasteiger charge is 2.17. The lowest BCUT2D eigenvalue weighted by molar-refractivity contribution is -0.127. The highest BCUT2D eigenvalue weighted by molar-refractivity contribution is 5.82. The zero-order valence-electron chi connectivity index (χ0n) is 11.4. The molecule has 0 unspecified atom stereocenters. The number of hydrogen-bond donors (Lipinski definition) is 1. The predicted octanol–water partition coefficient (Wildman–Crippen LogP) is 1.85. The summed E-state index contributed by atoms with van der Waals surface area (Å²) in [5, 5.41) is 0. The second-order valence-corrected chi connectivity index (χ2v) is 4.53. The molecule has 2 N–H and O–H groups in total. The molecule has 0 aliphatic rings. The summed E-state index contributed by atoms with van der Waals surface area (Å²) in [5.74, 6) is -1.67. The van der Waals surface area contributed by atoms with Crippen LogP contribution in [0.1, 0.15) is 13.3 Å². The fraction of sp³-hybridized carbons (Fsp3) is 0.462. The number of amides is 1. The van der Waals surface area contributed by atoms with E-state index >= 15 is 0 Å². The van der Waals surface area contributed by atoms with Gasteiger partial charge in [0.25, 0.3) is 0 Å². The number of rotatable bonds is 5. The molecule has 106 valence electrons. The molecule has 0 heterocycles. The van der Waals surface area contributed by atoms with Crippen molar-refractivity contribution in [2.24, 2.45) is 0 Å². The first-order valence-corrected chi connectivity index (χ1v) is 6.06. The van der Waals surface area contributed by atoms with Crippen LogP contribution in [0.25, 0.3) is 0 Å². The summed E-state index contributed by atoms with van der Waals surface area (Å²) >= 11 is 0. The van der Waals surface area contributed by atoms with E-state index in [-0.39, 0.29) is 23.8 Å². The van der Waals surface area contributed by atoms with Gasteiger partial charge in [0, 0.05) is 26.7 Å². The minimum Gasteiger partial charge on any atom is -0.395 e. The van der Waals surface area contributed by atoms with E-state index in [1.54, 1.807) is 19.0 Å². The maximum atomic E-state index is 13.4. The third kappa shape index (κ3) is 3.81. The number of nitrogen functional groups attached to an aromatic ring is 1. The van der Waals surface area contributed by atoms with Gasteiger partial charge in [-0.15, -0.1) is 0 Å². The van der Waals surface area contributed by atoms with E-state index in [0.717, 1.165) is 18.6 Å². The summed E-state index contributed by atoms with van der Waals surface area (Å²) < 4.78 is 26.7. The SMILES string of the molecule is CCCN(CC(=O)N(C)C)c1cc(F)cc(F)c1N. The molecular formula is C13H19F2N3O. The van der Waals surface area contributed by atoms with Gasteiger partial charge in [-0.25, -0.2) is 8.78 Å². The molecule has 19 heavy (non-hydrogen) atoms. The van der Waals surface area contributed by atoms with Crippen LogP contribution in [0.2, 0.25) is 0 Å². The Morgan fingerprint density at radius 3 is 2.47 bits per heavy atom. The average molecular weight is 271 g/mol. The first kappa shape index (κ1) is 15.2. The van der Waals surface area contributed by atoms with E-state index in [2.05, 4.69) is 0 Å². The van der Waals surface area contributed by atoms with Crippen molar-refractivity contribution >= 4 is 17.3 Å². The lowest BCUT2D eigenvalue weighted by atomic mass is 10.2.